The SMILES string of the molecule is [C-]#[N+]c1ccc2c(c1)c1cc([N+]#[C-])ccc1n2-c1cc(C#N)c(-n2c3ccc(C#N)cc3c3cc(C#N)ccc32)cc1-c1ccncc1.[C-]#[N+]c1ccc2c(c1)c1ccccc1n2-c1cc(C#N)c(-n2c3ccccc3c3cc(C#N)ccc32)cc1-c1ccncc1.[C-]#[N+]c1ccc2c3ccc(C#N)cc3n(-c3cc(-c4ccncc4)c(-n4c5cc(C#N)ccc5c5ccc([N+]#[C-])cc54)cc3C#N)c2c1. The first-order chi connectivity index (χ1) is 68.8. The van der Waals surface area contributed by atoms with Crippen molar-refractivity contribution < 1.29 is 0 Å². The smallest absolute Gasteiger partial charge is 0.189 e. The van der Waals surface area contributed by atoms with Gasteiger partial charge in [0.15, 0.2) is 28.4 Å². The molecule has 638 valence electrons. The summed E-state index contributed by atoms with van der Waals surface area (Å²) < 4.78 is 12.4. The Morgan fingerprint density at radius 2 is 0.407 bits per heavy atom. The molecular formula is C118H56N22. The van der Waals surface area contributed by atoms with E-state index in [1.54, 1.807) is 97.8 Å². The van der Waals surface area contributed by atoms with E-state index in [2.05, 4.69) is 126 Å². The zero-order valence-corrected chi connectivity index (χ0v) is 73.2. The maximum Gasteiger partial charge on any atom is 0.189 e. The Balaban J connectivity index is 0.000000121. The molecule has 0 unspecified atom stereocenters. The lowest BCUT2D eigenvalue weighted by Crippen LogP contribution is -2.04. The molecule has 0 saturated carbocycles. The molecule has 0 fully saturated rings. The van der Waals surface area contributed by atoms with E-state index in [0.717, 1.165) is 181 Å². The Hall–Kier alpha value is -22.1. The standard InChI is InChI=1S/2C40H18N8.C38H20N6/c1-44-28-5-9-37-33(18-28)34-19-29(45-2)6-10-38(34)48(37)40-17-27(23-43)39(20-30(40)26-11-13-46-14-12-26)47-35-7-3-24(21-41)15-31(35)32-16-25(22-42)4-8-36(32)47;1-44-28-5-9-32-30-7-3-24(21-41)15-36(30)47(39(32)18-28)35-20-34(26-11-13-46-14-12-26)38(17-27(35)23-43)48-37-16-25(22-42)4-8-31(37)33-10-6-29(45-2)19-40(33)48;1-41-27-11-13-36-32(20-27)29-7-3-5-9-34(29)44(36)38-19-26(23-40)37(21-30(38)25-14-16-42-17-15-25)43-33-8-4-2-6-28(33)31-18-24(22-39)10-12-35(31)43/h2*3-20H;2-21H. The van der Waals surface area contributed by atoms with E-state index in [0.29, 0.717) is 90.0 Å². The zero-order valence-electron chi connectivity index (χ0n) is 73.2. The Morgan fingerprint density at radius 1 is 0.186 bits per heavy atom. The van der Waals surface area contributed by atoms with Crippen LogP contribution in [0.25, 0.3) is 223 Å². The minimum Gasteiger partial charge on any atom is -0.310 e. The van der Waals surface area contributed by atoms with Gasteiger partial charge in [-0.15, -0.1) is 0 Å². The zero-order chi connectivity index (χ0) is 95.7. The van der Waals surface area contributed by atoms with Gasteiger partial charge in [0.05, 0.1) is 197 Å². The molecule has 0 spiro atoms. The van der Waals surface area contributed by atoms with Crippen LogP contribution in [0.15, 0.2) is 340 Å². The summed E-state index contributed by atoms with van der Waals surface area (Å²) >= 11 is 0. The molecule has 0 saturated heterocycles. The summed E-state index contributed by atoms with van der Waals surface area (Å²) in [5.41, 5.74) is 25.7. The molecule has 0 aliphatic rings. The quantitative estimate of drug-likeness (QED) is 0.122. The van der Waals surface area contributed by atoms with E-state index in [1.165, 1.54) is 0 Å². The van der Waals surface area contributed by atoms with Crippen molar-refractivity contribution in [1.82, 2.24) is 42.4 Å². The van der Waals surface area contributed by atoms with Gasteiger partial charge in [-0.2, -0.15) is 42.1 Å². The normalized spacial score (nSPS) is 10.9. The second-order valence-corrected chi connectivity index (χ2v) is 33.0. The number of aromatic nitrogens is 9. The van der Waals surface area contributed by atoms with Crippen molar-refractivity contribution in [2.45, 2.75) is 0 Å². The number of pyridine rings is 3. The minimum atomic E-state index is 0.352. The van der Waals surface area contributed by atoms with E-state index < -0.39 is 0 Å². The number of rotatable bonds is 9. The number of fused-ring (bicyclic) bond motifs is 18. The van der Waals surface area contributed by atoms with Crippen LogP contribution in [0, 0.1) is 124 Å². The van der Waals surface area contributed by atoms with Crippen LogP contribution < -0.4 is 0 Å². The molecule has 0 bridgehead atoms. The Labute approximate surface area is 796 Å². The lowest BCUT2D eigenvalue weighted by molar-refractivity contribution is 1.13. The second-order valence-electron chi connectivity index (χ2n) is 33.0. The average molecular weight is 1780 g/mol. The fourth-order valence-electron chi connectivity index (χ4n) is 19.6. The highest BCUT2D eigenvalue weighted by molar-refractivity contribution is 6.17. The van der Waals surface area contributed by atoms with E-state index in [1.807, 2.05) is 232 Å². The number of hydrogen-bond donors (Lipinski definition) is 0. The van der Waals surface area contributed by atoms with E-state index in [9.17, 15) is 42.1 Å². The lowest BCUT2D eigenvalue weighted by atomic mass is 10.00. The van der Waals surface area contributed by atoms with E-state index in [-0.39, 0.29) is 0 Å². The van der Waals surface area contributed by atoms with Crippen LogP contribution in [0.4, 0.5) is 28.4 Å². The van der Waals surface area contributed by atoms with Gasteiger partial charge in [-0.3, -0.25) is 15.0 Å². The van der Waals surface area contributed by atoms with Crippen LogP contribution in [0.1, 0.15) is 44.5 Å². The van der Waals surface area contributed by atoms with E-state index >= 15 is 0 Å². The van der Waals surface area contributed by atoms with Crippen LogP contribution in [-0.4, -0.2) is 42.4 Å². The average Bonchev–Trinajstić information content (AvgIpc) is 1.56. The Morgan fingerprint density at radius 3 is 0.721 bits per heavy atom. The Bertz CT molecular complexity index is 9930. The van der Waals surface area contributed by atoms with Crippen molar-refractivity contribution in [3.05, 3.63) is 442 Å². The van der Waals surface area contributed by atoms with Gasteiger partial charge in [0.1, 0.15) is 18.2 Å². The molecule has 0 N–H and O–H groups in total. The molecule has 15 aromatic carbocycles. The van der Waals surface area contributed by atoms with Crippen LogP contribution in [0.2, 0.25) is 0 Å². The number of nitrogens with zero attached hydrogens (tertiary/aromatic N) is 22. The number of para-hydroxylation sites is 2. The van der Waals surface area contributed by atoms with Gasteiger partial charge in [-0.1, -0.05) is 91.0 Å². The van der Waals surface area contributed by atoms with Crippen LogP contribution in [0.3, 0.4) is 0 Å². The molecule has 0 atom stereocenters. The molecule has 24 aromatic rings. The maximum atomic E-state index is 10.8. The van der Waals surface area contributed by atoms with Gasteiger partial charge in [0, 0.05) is 113 Å². The molecule has 0 amide bonds. The van der Waals surface area contributed by atoms with Gasteiger partial charge in [-0.05, 0) is 245 Å². The highest BCUT2D eigenvalue weighted by atomic mass is 15.0. The second kappa shape index (κ2) is 34.0. The van der Waals surface area contributed by atoms with Crippen LogP contribution in [0.5, 0.6) is 0 Å². The van der Waals surface area contributed by atoms with Gasteiger partial charge >= 0.3 is 0 Å². The molecule has 9 heterocycles. The maximum absolute atomic E-state index is 10.8. The topological polar surface area (TPSA) is 280 Å². The number of hydrogen-bond acceptors (Lipinski definition) is 11. The molecule has 9 aromatic heterocycles. The molecule has 24 rings (SSSR count). The fraction of sp³-hybridized carbons (Fsp3) is 0. The minimum absolute atomic E-state index is 0.352. The predicted octanol–water partition coefficient (Wildman–Crippen LogP) is 28.6. The first-order valence-electron chi connectivity index (χ1n) is 43.6. The summed E-state index contributed by atoms with van der Waals surface area (Å²) in [6.07, 6.45) is 10.4. The summed E-state index contributed by atoms with van der Waals surface area (Å²) in [6, 6.07) is 113. The van der Waals surface area contributed by atoms with Gasteiger partial charge in [-0.25, -0.2) is 24.2 Å². The summed E-state index contributed by atoms with van der Waals surface area (Å²) in [7, 11) is 0. The predicted molar refractivity (Wildman–Crippen MR) is 544 cm³/mol. The molecule has 0 radical (unpaired) electrons. The lowest BCUT2D eigenvalue weighted by Gasteiger charge is -2.19. The number of nitriles is 8. The van der Waals surface area contributed by atoms with Crippen molar-refractivity contribution >= 4 is 159 Å². The van der Waals surface area contributed by atoms with Crippen molar-refractivity contribution in [2.24, 2.45) is 0 Å². The fourth-order valence-corrected chi connectivity index (χ4v) is 19.6. The third-order valence-corrected chi connectivity index (χ3v) is 25.7. The summed E-state index contributed by atoms with van der Waals surface area (Å²) in [5.74, 6) is 0. The molecule has 22 heteroatoms. The summed E-state index contributed by atoms with van der Waals surface area (Å²) in [4.78, 5) is 31.1. The third-order valence-electron chi connectivity index (χ3n) is 25.7. The van der Waals surface area contributed by atoms with Crippen molar-refractivity contribution in [3.8, 4) is 116 Å². The van der Waals surface area contributed by atoms with Crippen molar-refractivity contribution in [1.29, 1.82) is 42.1 Å². The third kappa shape index (κ3) is 13.6. The molecule has 0 aliphatic heterocycles. The first kappa shape index (κ1) is 83.5. The summed E-state index contributed by atoms with van der Waals surface area (Å²) in [5, 5.41) is 91.6. The monoisotopic (exact) mass is 1780 g/mol. The Kier molecular flexibility index (Phi) is 20.3. The van der Waals surface area contributed by atoms with Crippen molar-refractivity contribution in [3.63, 3.8) is 0 Å². The number of benzene rings is 15. The summed E-state index contributed by atoms with van der Waals surface area (Å²) in [6.45, 7) is 38.2. The molecule has 140 heavy (non-hydrogen) atoms. The van der Waals surface area contributed by atoms with Crippen LogP contribution in [-0.2, 0) is 0 Å². The first-order valence-corrected chi connectivity index (χ1v) is 43.6. The van der Waals surface area contributed by atoms with Crippen molar-refractivity contribution in [2.75, 3.05) is 0 Å². The van der Waals surface area contributed by atoms with Gasteiger partial charge in [0.2, 0.25) is 0 Å². The van der Waals surface area contributed by atoms with Gasteiger partial charge in [0.25, 0.3) is 0 Å². The van der Waals surface area contributed by atoms with Crippen LogP contribution >= 0.6 is 0 Å². The van der Waals surface area contributed by atoms with Gasteiger partial charge < -0.3 is 27.4 Å². The largest absolute Gasteiger partial charge is 0.310 e. The molecule has 22 nitrogen and oxygen atoms in total. The highest BCUT2D eigenvalue weighted by Gasteiger charge is 2.29. The molecular weight excluding hydrogens is 1730 g/mol. The van der Waals surface area contributed by atoms with E-state index in [4.69, 9.17) is 32.9 Å². The highest BCUT2D eigenvalue weighted by Crippen LogP contribution is 2.48. The molecule has 0 aliphatic carbocycles.